The molecule has 0 atom stereocenters. The van der Waals surface area contributed by atoms with Crippen LogP contribution in [-0.2, 0) is 13.1 Å². The molecule has 2 rings (SSSR count). The maximum atomic E-state index is 4.23. The molecule has 0 saturated carbocycles. The quantitative estimate of drug-likeness (QED) is 0.875. The standard InChI is InChI=1S/C13H19N5/c1-4-18-13(15-10-16-18)9-14-11-5-7-12(8-6-11)17(2)3/h5-8,10,14H,4,9H2,1-3H3. The summed E-state index contributed by atoms with van der Waals surface area (Å²) in [6.07, 6.45) is 1.59. The van der Waals surface area contributed by atoms with Crippen molar-refractivity contribution in [1.82, 2.24) is 14.8 Å². The first kappa shape index (κ1) is 12.4. The maximum absolute atomic E-state index is 4.23. The summed E-state index contributed by atoms with van der Waals surface area (Å²) in [7, 11) is 4.07. The van der Waals surface area contributed by atoms with E-state index in [1.165, 1.54) is 5.69 Å². The smallest absolute Gasteiger partial charge is 0.146 e. The third-order valence-electron chi connectivity index (χ3n) is 2.83. The average Bonchev–Trinajstić information content (AvgIpc) is 2.84. The largest absolute Gasteiger partial charge is 0.378 e. The Kier molecular flexibility index (Phi) is 3.82. The minimum atomic E-state index is 0.690. The predicted octanol–water partition coefficient (Wildman–Crippen LogP) is 1.98. The number of hydrogen-bond donors (Lipinski definition) is 1. The molecule has 5 nitrogen and oxygen atoms in total. The summed E-state index contributed by atoms with van der Waals surface area (Å²) >= 11 is 0. The predicted molar refractivity (Wildman–Crippen MR) is 73.8 cm³/mol. The summed E-state index contributed by atoms with van der Waals surface area (Å²) in [4.78, 5) is 6.31. The van der Waals surface area contributed by atoms with Gasteiger partial charge < -0.3 is 10.2 Å². The number of aryl methyl sites for hydroxylation is 1. The molecule has 2 aromatic rings. The van der Waals surface area contributed by atoms with E-state index in [1.54, 1.807) is 6.33 Å². The van der Waals surface area contributed by atoms with E-state index in [-0.39, 0.29) is 0 Å². The van der Waals surface area contributed by atoms with Crippen molar-refractivity contribution in [1.29, 1.82) is 0 Å². The molecule has 0 radical (unpaired) electrons. The topological polar surface area (TPSA) is 46.0 Å². The summed E-state index contributed by atoms with van der Waals surface area (Å²) in [5.41, 5.74) is 2.28. The van der Waals surface area contributed by atoms with Crippen LogP contribution in [0.2, 0.25) is 0 Å². The van der Waals surface area contributed by atoms with E-state index in [1.807, 2.05) is 18.8 Å². The van der Waals surface area contributed by atoms with Gasteiger partial charge in [0, 0.05) is 32.0 Å². The van der Waals surface area contributed by atoms with Crippen LogP contribution in [0.4, 0.5) is 11.4 Å². The van der Waals surface area contributed by atoms with Crippen molar-refractivity contribution in [2.24, 2.45) is 0 Å². The Hall–Kier alpha value is -2.04. The molecule has 0 amide bonds. The van der Waals surface area contributed by atoms with E-state index >= 15 is 0 Å². The number of aromatic nitrogens is 3. The Morgan fingerprint density at radius 2 is 1.94 bits per heavy atom. The lowest BCUT2D eigenvalue weighted by atomic mass is 10.2. The van der Waals surface area contributed by atoms with E-state index in [2.05, 4.69) is 51.5 Å². The van der Waals surface area contributed by atoms with Crippen molar-refractivity contribution >= 4 is 11.4 Å². The number of hydrogen-bond acceptors (Lipinski definition) is 4. The Bertz CT molecular complexity index is 486. The highest BCUT2D eigenvalue weighted by Gasteiger charge is 2.02. The van der Waals surface area contributed by atoms with Crippen LogP contribution in [0.15, 0.2) is 30.6 Å². The molecule has 0 aliphatic rings. The Morgan fingerprint density at radius 1 is 1.22 bits per heavy atom. The molecule has 0 aliphatic carbocycles. The van der Waals surface area contributed by atoms with E-state index < -0.39 is 0 Å². The van der Waals surface area contributed by atoms with Crippen LogP contribution in [0.1, 0.15) is 12.7 Å². The Labute approximate surface area is 107 Å². The molecule has 1 aromatic carbocycles. The van der Waals surface area contributed by atoms with E-state index in [9.17, 15) is 0 Å². The van der Waals surface area contributed by atoms with Crippen LogP contribution in [0.25, 0.3) is 0 Å². The zero-order valence-corrected chi connectivity index (χ0v) is 11.1. The van der Waals surface area contributed by atoms with Crippen molar-refractivity contribution in [3.63, 3.8) is 0 Å². The van der Waals surface area contributed by atoms with Crippen molar-refractivity contribution in [3.8, 4) is 0 Å². The molecule has 96 valence electrons. The molecule has 0 fully saturated rings. The highest BCUT2D eigenvalue weighted by Crippen LogP contribution is 2.16. The summed E-state index contributed by atoms with van der Waals surface area (Å²) in [6, 6.07) is 8.32. The van der Waals surface area contributed by atoms with Crippen LogP contribution in [0.5, 0.6) is 0 Å². The molecule has 0 unspecified atom stereocenters. The van der Waals surface area contributed by atoms with Gasteiger partial charge in [-0.3, -0.25) is 0 Å². The highest BCUT2D eigenvalue weighted by atomic mass is 15.3. The van der Waals surface area contributed by atoms with E-state index in [4.69, 9.17) is 0 Å². The van der Waals surface area contributed by atoms with E-state index in [0.717, 1.165) is 18.1 Å². The molecule has 1 heterocycles. The third kappa shape index (κ3) is 2.80. The lowest BCUT2D eigenvalue weighted by molar-refractivity contribution is 0.622. The normalized spacial score (nSPS) is 10.4. The molecular formula is C13H19N5. The lowest BCUT2D eigenvalue weighted by Gasteiger charge is -2.13. The van der Waals surface area contributed by atoms with Gasteiger partial charge in [-0.25, -0.2) is 9.67 Å². The van der Waals surface area contributed by atoms with Gasteiger partial charge in [0.25, 0.3) is 0 Å². The Balaban J connectivity index is 1.98. The fourth-order valence-corrected chi connectivity index (χ4v) is 1.75. The molecule has 0 aliphatic heterocycles. The maximum Gasteiger partial charge on any atom is 0.146 e. The van der Waals surface area contributed by atoms with Gasteiger partial charge in [-0.1, -0.05) is 0 Å². The van der Waals surface area contributed by atoms with Gasteiger partial charge in [0.05, 0.1) is 6.54 Å². The molecule has 1 N–H and O–H groups in total. The first-order valence-electron chi connectivity index (χ1n) is 6.08. The van der Waals surface area contributed by atoms with E-state index in [0.29, 0.717) is 6.54 Å². The molecular weight excluding hydrogens is 226 g/mol. The fraction of sp³-hybridized carbons (Fsp3) is 0.385. The van der Waals surface area contributed by atoms with Gasteiger partial charge in [-0.05, 0) is 31.2 Å². The van der Waals surface area contributed by atoms with Crippen LogP contribution in [-0.4, -0.2) is 28.9 Å². The van der Waals surface area contributed by atoms with Crippen LogP contribution >= 0.6 is 0 Å². The van der Waals surface area contributed by atoms with Gasteiger partial charge in [0.2, 0.25) is 0 Å². The lowest BCUT2D eigenvalue weighted by Crippen LogP contribution is -2.10. The second-order valence-corrected chi connectivity index (χ2v) is 4.29. The zero-order valence-electron chi connectivity index (χ0n) is 11.1. The van der Waals surface area contributed by atoms with Crippen LogP contribution < -0.4 is 10.2 Å². The number of rotatable bonds is 5. The second-order valence-electron chi connectivity index (χ2n) is 4.29. The second kappa shape index (κ2) is 5.53. The summed E-state index contributed by atoms with van der Waals surface area (Å²) in [6.45, 7) is 3.59. The van der Waals surface area contributed by atoms with Crippen LogP contribution in [0, 0.1) is 0 Å². The number of nitrogens with one attached hydrogen (secondary N) is 1. The fourth-order valence-electron chi connectivity index (χ4n) is 1.75. The van der Waals surface area contributed by atoms with Crippen molar-refractivity contribution in [3.05, 3.63) is 36.4 Å². The van der Waals surface area contributed by atoms with Gasteiger partial charge in [0.1, 0.15) is 12.2 Å². The summed E-state index contributed by atoms with van der Waals surface area (Å²) in [5.74, 6) is 0.953. The zero-order chi connectivity index (χ0) is 13.0. The van der Waals surface area contributed by atoms with Gasteiger partial charge in [-0.2, -0.15) is 5.10 Å². The third-order valence-corrected chi connectivity index (χ3v) is 2.83. The monoisotopic (exact) mass is 245 g/mol. The summed E-state index contributed by atoms with van der Waals surface area (Å²) in [5, 5.41) is 7.49. The highest BCUT2D eigenvalue weighted by molar-refractivity contribution is 5.54. The molecule has 0 bridgehead atoms. The average molecular weight is 245 g/mol. The van der Waals surface area contributed by atoms with Crippen molar-refractivity contribution in [2.45, 2.75) is 20.0 Å². The van der Waals surface area contributed by atoms with Gasteiger partial charge >= 0.3 is 0 Å². The molecule has 1 aromatic heterocycles. The Morgan fingerprint density at radius 3 is 2.56 bits per heavy atom. The first-order chi connectivity index (χ1) is 8.70. The minimum absolute atomic E-state index is 0.690. The number of benzene rings is 1. The molecule has 5 heteroatoms. The molecule has 18 heavy (non-hydrogen) atoms. The number of nitrogens with zero attached hydrogens (tertiary/aromatic N) is 4. The van der Waals surface area contributed by atoms with Gasteiger partial charge in [0.15, 0.2) is 0 Å². The van der Waals surface area contributed by atoms with Gasteiger partial charge in [-0.15, -0.1) is 0 Å². The first-order valence-corrected chi connectivity index (χ1v) is 6.08. The summed E-state index contributed by atoms with van der Waals surface area (Å²) < 4.78 is 1.89. The van der Waals surface area contributed by atoms with Crippen molar-refractivity contribution in [2.75, 3.05) is 24.3 Å². The molecule has 0 saturated heterocycles. The minimum Gasteiger partial charge on any atom is -0.378 e. The SMILES string of the molecule is CCn1ncnc1CNc1ccc(N(C)C)cc1. The number of anilines is 2. The van der Waals surface area contributed by atoms with Crippen molar-refractivity contribution < 1.29 is 0 Å². The van der Waals surface area contributed by atoms with Crippen LogP contribution in [0.3, 0.4) is 0 Å². The molecule has 0 spiro atoms.